The van der Waals surface area contributed by atoms with Crippen molar-refractivity contribution in [2.45, 2.75) is 95.7 Å². The number of allylic oxidation sites excluding steroid dienone is 3. The topological polar surface area (TPSA) is 65.0 Å². The van der Waals surface area contributed by atoms with Gasteiger partial charge in [0.25, 0.3) is 8.32 Å². The van der Waals surface area contributed by atoms with Crippen molar-refractivity contribution in [1.29, 1.82) is 0 Å². The lowest BCUT2D eigenvalue weighted by Gasteiger charge is -2.44. The number of rotatable bonds is 15. The summed E-state index contributed by atoms with van der Waals surface area (Å²) in [5.41, 5.74) is 1.17. The molecule has 5 atom stereocenters. The van der Waals surface area contributed by atoms with Gasteiger partial charge in [-0.3, -0.25) is 4.79 Å². The van der Waals surface area contributed by atoms with Crippen molar-refractivity contribution in [3.05, 3.63) is 132 Å². The Kier molecular flexibility index (Phi) is 12.8. The van der Waals surface area contributed by atoms with Gasteiger partial charge in [-0.05, 0) is 83.8 Å². The molecule has 2 heterocycles. The minimum absolute atomic E-state index is 0.00529. The minimum Gasteiger partial charge on any atom is -0.481 e. The maximum atomic E-state index is 11.1. The zero-order valence-corrected chi connectivity index (χ0v) is 32.7. The molecule has 1 saturated carbocycles. The van der Waals surface area contributed by atoms with E-state index in [1.165, 1.54) is 30.9 Å². The van der Waals surface area contributed by atoms with Gasteiger partial charge < -0.3 is 19.0 Å². The van der Waals surface area contributed by atoms with Gasteiger partial charge in [-0.15, -0.1) is 11.3 Å². The molecule has 52 heavy (non-hydrogen) atoms. The van der Waals surface area contributed by atoms with E-state index in [-0.39, 0.29) is 41.8 Å². The summed E-state index contributed by atoms with van der Waals surface area (Å²) in [5, 5.41) is 12.6. The van der Waals surface area contributed by atoms with Crippen LogP contribution in [0.25, 0.3) is 10.1 Å². The normalized spacial score (nSPS) is 22.1. The first-order valence-corrected chi connectivity index (χ1v) is 21.7. The zero-order valence-electron chi connectivity index (χ0n) is 30.9. The van der Waals surface area contributed by atoms with Crippen LogP contribution in [0, 0.1) is 11.8 Å². The van der Waals surface area contributed by atoms with Crippen molar-refractivity contribution in [3.63, 3.8) is 0 Å². The van der Waals surface area contributed by atoms with Gasteiger partial charge in [0.2, 0.25) is 0 Å². The highest BCUT2D eigenvalue weighted by Crippen LogP contribution is 2.45. The summed E-state index contributed by atoms with van der Waals surface area (Å²) in [5.74, 6) is -0.474. The van der Waals surface area contributed by atoms with Crippen LogP contribution >= 0.6 is 11.3 Å². The van der Waals surface area contributed by atoms with Crippen LogP contribution in [0.15, 0.2) is 127 Å². The summed E-state index contributed by atoms with van der Waals surface area (Å²) in [6.07, 6.45) is 14.8. The molecule has 1 unspecified atom stereocenters. The quantitative estimate of drug-likeness (QED) is 0.0748. The van der Waals surface area contributed by atoms with Crippen molar-refractivity contribution in [2.24, 2.45) is 11.8 Å². The number of benzene rings is 3. The molecular weight excluding hydrogens is 681 g/mol. The van der Waals surface area contributed by atoms with Crippen LogP contribution in [0.4, 0.5) is 0 Å². The number of carboxylic acids is 1. The summed E-state index contributed by atoms with van der Waals surface area (Å²) in [4.78, 5) is 12.2. The monoisotopic (exact) mass is 734 g/mol. The summed E-state index contributed by atoms with van der Waals surface area (Å²) in [6.45, 7) is 12.3. The Balaban J connectivity index is 1.38. The number of aliphatic carboxylic acids is 1. The van der Waals surface area contributed by atoms with Crippen LogP contribution in [0.3, 0.4) is 0 Å². The molecule has 0 spiro atoms. The first-order chi connectivity index (χ1) is 25.2. The number of unbranched alkanes of at least 4 members (excludes halogenated alkanes) is 1. The van der Waals surface area contributed by atoms with Gasteiger partial charge in [0.05, 0.1) is 12.2 Å². The predicted octanol–water partition coefficient (Wildman–Crippen LogP) is 10.4. The van der Waals surface area contributed by atoms with Gasteiger partial charge >= 0.3 is 5.97 Å². The molecule has 2 fully saturated rings. The summed E-state index contributed by atoms with van der Waals surface area (Å²) < 4.78 is 21.8. The largest absolute Gasteiger partial charge is 0.481 e. The standard InChI is InChI=1S/C45H54O5SSi/c1-33-31-40(49-44-27-17-18-30-48-44)38(24-13-5-6-14-26-43(46)47)37(33)28-29-39(42-32-34-19-15-16-25-41(34)51-42)50-52(45(2,3)4,35-20-9-7-10-21-35)36-22-11-8-12-23-36/h5,7-13,15-16,19-23,25,28-29,32,37-40,44H,1,6,14,17-18,24,26-27,30-31H2,2-4H3,(H,46,47)/b13-5?,29-28+/t37-,38+,39+,40-,44?/m0/s1. The van der Waals surface area contributed by atoms with Crippen molar-refractivity contribution < 1.29 is 23.8 Å². The Morgan fingerprint density at radius 1 is 1.00 bits per heavy atom. The van der Waals surface area contributed by atoms with Crippen LogP contribution in [0.5, 0.6) is 0 Å². The molecule has 1 aliphatic carbocycles. The van der Waals surface area contributed by atoms with Crippen LogP contribution in [0.1, 0.15) is 83.1 Å². The minimum atomic E-state index is -2.90. The third-order valence-electron chi connectivity index (χ3n) is 10.6. The molecule has 3 aromatic carbocycles. The van der Waals surface area contributed by atoms with E-state index in [0.717, 1.165) is 45.1 Å². The maximum Gasteiger partial charge on any atom is 0.303 e. The fourth-order valence-electron chi connectivity index (χ4n) is 8.00. The Morgan fingerprint density at radius 2 is 1.69 bits per heavy atom. The Labute approximate surface area is 315 Å². The lowest BCUT2D eigenvalue weighted by Crippen LogP contribution is -2.66. The number of carboxylic acid groups (broad SMARTS) is 1. The number of fused-ring (bicyclic) bond motifs is 1. The maximum absolute atomic E-state index is 11.1. The smallest absolute Gasteiger partial charge is 0.303 e. The fourth-order valence-corrected chi connectivity index (χ4v) is 13.8. The van der Waals surface area contributed by atoms with Crippen molar-refractivity contribution in [3.8, 4) is 0 Å². The third kappa shape index (κ3) is 8.95. The third-order valence-corrected chi connectivity index (χ3v) is 16.8. The number of carbonyl (C=O) groups is 1. The van der Waals surface area contributed by atoms with Gasteiger partial charge in [-0.25, -0.2) is 0 Å². The molecule has 2 aliphatic rings. The average Bonchev–Trinajstić information content (AvgIpc) is 3.70. The molecule has 4 aromatic rings. The zero-order chi connectivity index (χ0) is 36.6. The van der Waals surface area contributed by atoms with Crippen molar-refractivity contribution in [1.82, 2.24) is 0 Å². The molecule has 6 rings (SSSR count). The Bertz CT molecular complexity index is 1750. The highest BCUT2D eigenvalue weighted by molar-refractivity contribution is 7.19. The summed E-state index contributed by atoms with van der Waals surface area (Å²) in [7, 11) is -2.90. The lowest BCUT2D eigenvalue weighted by molar-refractivity contribution is -0.194. The molecule has 1 aromatic heterocycles. The van der Waals surface area contributed by atoms with E-state index in [0.29, 0.717) is 6.42 Å². The van der Waals surface area contributed by atoms with E-state index in [1.807, 2.05) is 11.3 Å². The van der Waals surface area contributed by atoms with Gasteiger partial charge in [0.15, 0.2) is 6.29 Å². The second-order valence-electron chi connectivity index (χ2n) is 15.3. The second kappa shape index (κ2) is 17.5. The second-order valence-corrected chi connectivity index (χ2v) is 20.7. The molecule has 7 heteroatoms. The SMILES string of the molecule is C=C1C[C@H](OC2CCCCO2)[C@H](CC=CCCCC(=O)O)[C@H]1/C=C/[C@@H](O[Si](c1ccccc1)(c1ccccc1)C(C)(C)C)c1cc2ccccc2s1. The first kappa shape index (κ1) is 38.1. The predicted molar refractivity (Wildman–Crippen MR) is 217 cm³/mol. The van der Waals surface area contributed by atoms with E-state index >= 15 is 0 Å². The number of thiophene rings is 1. The van der Waals surface area contributed by atoms with E-state index in [9.17, 15) is 4.79 Å². The molecule has 1 N–H and O–H groups in total. The van der Waals surface area contributed by atoms with Crippen LogP contribution in [-0.4, -0.2) is 38.4 Å². The lowest BCUT2D eigenvalue weighted by atomic mass is 9.89. The molecule has 0 amide bonds. The van der Waals surface area contributed by atoms with E-state index in [4.69, 9.17) is 19.0 Å². The molecular formula is C45H54O5SSi. The first-order valence-electron chi connectivity index (χ1n) is 18.9. The number of ether oxygens (including phenoxy) is 2. The molecule has 0 bridgehead atoms. The Morgan fingerprint density at radius 3 is 2.33 bits per heavy atom. The van der Waals surface area contributed by atoms with Crippen LogP contribution in [0.2, 0.25) is 5.04 Å². The van der Waals surface area contributed by atoms with Crippen LogP contribution < -0.4 is 10.4 Å². The van der Waals surface area contributed by atoms with Crippen molar-refractivity contribution in [2.75, 3.05) is 6.61 Å². The van der Waals surface area contributed by atoms with Gasteiger partial charge in [-0.1, -0.05) is 136 Å². The molecule has 274 valence electrons. The molecule has 1 aliphatic heterocycles. The van der Waals surface area contributed by atoms with Gasteiger partial charge in [0, 0.05) is 28.5 Å². The van der Waals surface area contributed by atoms with E-state index in [1.54, 1.807) is 0 Å². The highest BCUT2D eigenvalue weighted by atomic mass is 32.1. The average molecular weight is 735 g/mol. The summed E-state index contributed by atoms with van der Waals surface area (Å²) in [6, 6.07) is 32.6. The van der Waals surface area contributed by atoms with Crippen molar-refractivity contribution >= 4 is 46.1 Å². The van der Waals surface area contributed by atoms with Gasteiger partial charge in [0.1, 0.15) is 0 Å². The van der Waals surface area contributed by atoms with Crippen LogP contribution in [-0.2, 0) is 18.7 Å². The summed E-state index contributed by atoms with van der Waals surface area (Å²) >= 11 is 1.81. The number of hydrogen-bond donors (Lipinski definition) is 1. The van der Waals surface area contributed by atoms with Gasteiger partial charge in [-0.2, -0.15) is 0 Å². The fraction of sp³-hybridized carbons (Fsp3) is 0.400. The highest BCUT2D eigenvalue weighted by Gasteiger charge is 2.51. The van der Waals surface area contributed by atoms with E-state index < -0.39 is 14.3 Å². The number of hydrogen-bond acceptors (Lipinski definition) is 5. The molecule has 1 saturated heterocycles. The molecule has 5 nitrogen and oxygen atoms in total. The van der Waals surface area contributed by atoms with E-state index in [2.05, 4.69) is 143 Å². The Hall–Kier alpha value is -3.59. The molecule has 0 radical (unpaired) electrons.